The van der Waals surface area contributed by atoms with E-state index in [1.54, 1.807) is 11.8 Å². The number of thioether (sulfide) groups is 1. The van der Waals surface area contributed by atoms with Gasteiger partial charge < -0.3 is 15.7 Å². The molecule has 0 unspecified atom stereocenters. The number of hydrogen-bond acceptors (Lipinski definition) is 3. The van der Waals surface area contributed by atoms with E-state index in [-0.39, 0.29) is 6.04 Å². The monoisotopic (exact) mass is 248 g/mol. The maximum Gasteiger partial charge on any atom is 0.326 e. The highest BCUT2D eigenvalue weighted by Gasteiger charge is 2.19. The quantitative estimate of drug-likeness (QED) is 0.634. The van der Waals surface area contributed by atoms with Crippen molar-refractivity contribution in [1.29, 1.82) is 0 Å². The fourth-order valence-corrected chi connectivity index (χ4v) is 1.49. The zero-order chi connectivity index (χ0) is 12.6. The summed E-state index contributed by atoms with van der Waals surface area (Å²) < 4.78 is 0. The summed E-state index contributed by atoms with van der Waals surface area (Å²) >= 11 is 1.56. The highest BCUT2D eigenvalue weighted by molar-refractivity contribution is 7.98. The van der Waals surface area contributed by atoms with Gasteiger partial charge in [-0.1, -0.05) is 6.92 Å². The van der Waals surface area contributed by atoms with Gasteiger partial charge in [-0.25, -0.2) is 9.59 Å². The predicted molar refractivity (Wildman–Crippen MR) is 65.8 cm³/mol. The third-order valence-electron chi connectivity index (χ3n) is 2.20. The molecule has 16 heavy (non-hydrogen) atoms. The number of amides is 2. The molecule has 3 N–H and O–H groups in total. The van der Waals surface area contributed by atoms with Gasteiger partial charge in [0.05, 0.1) is 0 Å². The number of rotatable bonds is 7. The Hall–Kier alpha value is -0.910. The van der Waals surface area contributed by atoms with E-state index in [0.29, 0.717) is 12.2 Å². The average Bonchev–Trinajstić information content (AvgIpc) is 2.23. The van der Waals surface area contributed by atoms with Crippen molar-refractivity contribution in [3.05, 3.63) is 0 Å². The first-order valence-corrected chi connectivity index (χ1v) is 6.69. The first-order valence-electron chi connectivity index (χ1n) is 5.30. The second-order valence-electron chi connectivity index (χ2n) is 3.60. The highest BCUT2D eigenvalue weighted by atomic mass is 32.2. The first kappa shape index (κ1) is 15.1. The molecule has 0 spiro atoms. The summed E-state index contributed by atoms with van der Waals surface area (Å²) in [6.45, 7) is 3.82. The molecule has 2 atom stereocenters. The minimum absolute atomic E-state index is 0.0509. The molecule has 0 heterocycles. The van der Waals surface area contributed by atoms with Crippen molar-refractivity contribution < 1.29 is 14.7 Å². The lowest BCUT2D eigenvalue weighted by Gasteiger charge is -2.17. The normalized spacial score (nSPS) is 13.9. The SMILES string of the molecule is CC[C@H](C)NC(=O)N[C@@H](CCSC)C(=O)O. The largest absolute Gasteiger partial charge is 0.480 e. The maximum absolute atomic E-state index is 11.4. The molecule has 6 heteroatoms. The van der Waals surface area contributed by atoms with Gasteiger partial charge in [0, 0.05) is 6.04 Å². The standard InChI is InChI=1S/C10H20N2O3S/c1-4-7(2)11-10(15)12-8(9(13)14)5-6-16-3/h7-8H,4-6H2,1-3H3,(H,13,14)(H2,11,12,15)/t7-,8-/m0/s1. The third kappa shape index (κ3) is 6.55. The lowest BCUT2D eigenvalue weighted by atomic mass is 10.2. The second-order valence-corrected chi connectivity index (χ2v) is 4.58. The molecular formula is C10H20N2O3S. The molecule has 0 aliphatic rings. The van der Waals surface area contributed by atoms with Gasteiger partial charge in [0.2, 0.25) is 0 Å². The topological polar surface area (TPSA) is 78.4 Å². The summed E-state index contributed by atoms with van der Waals surface area (Å²) in [5.74, 6) is -0.283. The summed E-state index contributed by atoms with van der Waals surface area (Å²) in [6, 6.07) is -1.17. The Morgan fingerprint density at radius 1 is 1.38 bits per heavy atom. The van der Waals surface area contributed by atoms with E-state index >= 15 is 0 Å². The number of aliphatic carboxylic acids is 1. The number of hydrogen-bond donors (Lipinski definition) is 3. The lowest BCUT2D eigenvalue weighted by molar-refractivity contribution is -0.139. The van der Waals surface area contributed by atoms with Gasteiger partial charge in [0.1, 0.15) is 6.04 Å². The fraction of sp³-hybridized carbons (Fsp3) is 0.800. The Morgan fingerprint density at radius 2 is 2.00 bits per heavy atom. The summed E-state index contributed by atoms with van der Waals surface area (Å²) in [7, 11) is 0. The van der Waals surface area contributed by atoms with Crippen molar-refractivity contribution >= 4 is 23.8 Å². The number of carbonyl (C=O) groups excluding carboxylic acids is 1. The van der Waals surface area contributed by atoms with Crippen LogP contribution in [0.15, 0.2) is 0 Å². The number of carboxylic acids is 1. The van der Waals surface area contributed by atoms with Gasteiger partial charge in [-0.05, 0) is 31.8 Å². The molecule has 0 radical (unpaired) electrons. The van der Waals surface area contributed by atoms with Crippen molar-refractivity contribution in [3.8, 4) is 0 Å². The molecule has 0 rings (SSSR count). The van der Waals surface area contributed by atoms with Crippen LogP contribution < -0.4 is 10.6 Å². The smallest absolute Gasteiger partial charge is 0.326 e. The van der Waals surface area contributed by atoms with Gasteiger partial charge in [0.25, 0.3) is 0 Å². The number of nitrogens with one attached hydrogen (secondary N) is 2. The van der Waals surface area contributed by atoms with E-state index in [1.807, 2.05) is 20.1 Å². The molecule has 0 saturated carbocycles. The molecular weight excluding hydrogens is 228 g/mol. The molecule has 0 aromatic carbocycles. The van der Waals surface area contributed by atoms with Crippen LogP contribution >= 0.6 is 11.8 Å². The van der Waals surface area contributed by atoms with Gasteiger partial charge in [-0.3, -0.25) is 0 Å². The van der Waals surface area contributed by atoms with Crippen molar-refractivity contribution in [3.63, 3.8) is 0 Å². The number of carbonyl (C=O) groups is 2. The van der Waals surface area contributed by atoms with E-state index in [4.69, 9.17) is 5.11 Å². The Morgan fingerprint density at radius 3 is 2.44 bits per heavy atom. The van der Waals surface area contributed by atoms with E-state index in [9.17, 15) is 9.59 Å². The van der Waals surface area contributed by atoms with Crippen LogP contribution in [-0.4, -0.2) is 41.2 Å². The molecule has 5 nitrogen and oxygen atoms in total. The minimum atomic E-state index is -0.992. The van der Waals surface area contributed by atoms with Crippen LogP contribution in [0.25, 0.3) is 0 Å². The fourth-order valence-electron chi connectivity index (χ4n) is 1.02. The maximum atomic E-state index is 11.4. The Kier molecular flexibility index (Phi) is 7.80. The van der Waals surface area contributed by atoms with Gasteiger partial charge in [-0.15, -0.1) is 0 Å². The van der Waals surface area contributed by atoms with Gasteiger partial charge in [0.15, 0.2) is 0 Å². The average molecular weight is 248 g/mol. The lowest BCUT2D eigenvalue weighted by Crippen LogP contribution is -2.48. The van der Waals surface area contributed by atoms with Crippen molar-refractivity contribution in [2.24, 2.45) is 0 Å². The predicted octanol–water partition coefficient (Wildman–Crippen LogP) is 1.29. The van der Waals surface area contributed by atoms with Crippen LogP contribution in [-0.2, 0) is 4.79 Å². The number of urea groups is 1. The zero-order valence-corrected chi connectivity index (χ0v) is 10.8. The molecule has 0 bridgehead atoms. The summed E-state index contributed by atoms with van der Waals surface area (Å²) in [6.07, 6.45) is 3.15. The van der Waals surface area contributed by atoms with E-state index in [1.165, 1.54) is 0 Å². The third-order valence-corrected chi connectivity index (χ3v) is 2.85. The summed E-state index contributed by atoms with van der Waals surface area (Å²) in [5.41, 5.74) is 0. The van der Waals surface area contributed by atoms with Crippen molar-refractivity contribution in [1.82, 2.24) is 10.6 Å². The highest BCUT2D eigenvalue weighted by Crippen LogP contribution is 2.01. The molecule has 2 amide bonds. The Balaban J connectivity index is 4.07. The van der Waals surface area contributed by atoms with Crippen LogP contribution in [0.5, 0.6) is 0 Å². The van der Waals surface area contributed by atoms with E-state index < -0.39 is 18.0 Å². The van der Waals surface area contributed by atoms with E-state index in [0.717, 1.165) is 6.42 Å². The van der Waals surface area contributed by atoms with Crippen LogP contribution in [0.4, 0.5) is 4.79 Å². The van der Waals surface area contributed by atoms with Crippen LogP contribution in [0.2, 0.25) is 0 Å². The molecule has 0 aliphatic carbocycles. The first-order chi connectivity index (χ1) is 7.51. The summed E-state index contributed by atoms with van der Waals surface area (Å²) in [5, 5.41) is 14.0. The molecule has 94 valence electrons. The second kappa shape index (κ2) is 8.27. The number of carboxylic acid groups (broad SMARTS) is 1. The van der Waals surface area contributed by atoms with Crippen LogP contribution in [0.3, 0.4) is 0 Å². The molecule has 0 aromatic rings. The van der Waals surface area contributed by atoms with Gasteiger partial charge in [-0.2, -0.15) is 11.8 Å². The zero-order valence-electron chi connectivity index (χ0n) is 9.95. The van der Waals surface area contributed by atoms with Crippen molar-refractivity contribution in [2.45, 2.75) is 38.8 Å². The Labute approximate surface area is 100 Å². The van der Waals surface area contributed by atoms with Gasteiger partial charge >= 0.3 is 12.0 Å². The van der Waals surface area contributed by atoms with Crippen LogP contribution in [0.1, 0.15) is 26.7 Å². The minimum Gasteiger partial charge on any atom is -0.480 e. The summed E-state index contributed by atoms with van der Waals surface area (Å²) in [4.78, 5) is 22.2. The molecule has 0 aromatic heterocycles. The molecule has 0 saturated heterocycles. The Bertz CT molecular complexity index is 236. The molecule has 0 fully saturated rings. The molecule has 0 aliphatic heterocycles. The van der Waals surface area contributed by atoms with E-state index in [2.05, 4.69) is 10.6 Å². The van der Waals surface area contributed by atoms with Crippen molar-refractivity contribution in [2.75, 3.05) is 12.0 Å². The van der Waals surface area contributed by atoms with Crippen LogP contribution in [0, 0.1) is 0 Å².